The van der Waals surface area contributed by atoms with Crippen molar-refractivity contribution in [1.82, 2.24) is 5.32 Å². The van der Waals surface area contributed by atoms with Gasteiger partial charge in [-0.25, -0.2) is 0 Å². The summed E-state index contributed by atoms with van der Waals surface area (Å²) >= 11 is 0. The number of amides is 1. The van der Waals surface area contributed by atoms with Crippen LogP contribution in [0, 0.1) is 0 Å². The van der Waals surface area contributed by atoms with Crippen molar-refractivity contribution in [3.05, 3.63) is 0 Å². The van der Waals surface area contributed by atoms with Gasteiger partial charge in [-0.2, -0.15) is 0 Å². The number of hydrogen-bond donors (Lipinski definition) is 2. The number of nitrogens with two attached hydrogens (primary N) is 1. The average Bonchev–Trinajstić information content (AvgIpc) is 2.83. The molecule has 1 saturated carbocycles. The van der Waals surface area contributed by atoms with Gasteiger partial charge in [-0.05, 0) is 33.6 Å². The number of carbonyl (C=O) groups is 1. The van der Waals surface area contributed by atoms with Crippen molar-refractivity contribution in [2.45, 2.75) is 50.4 Å². The van der Waals surface area contributed by atoms with Crippen LogP contribution in [0.3, 0.4) is 0 Å². The molecule has 3 N–H and O–H groups in total. The molecule has 1 aliphatic rings. The predicted octanol–water partition coefficient (Wildman–Crippen LogP) is 0.140. The molecule has 1 fully saturated rings. The van der Waals surface area contributed by atoms with Gasteiger partial charge in [0.05, 0.1) is 0 Å². The summed E-state index contributed by atoms with van der Waals surface area (Å²) in [4.78, 5) is 11.6. The van der Waals surface area contributed by atoms with E-state index < -0.39 is 21.6 Å². The smallest absolute Gasteiger partial charge is 0.235 e. The Hall–Kier alpha value is -0.420. The first-order valence-corrected chi connectivity index (χ1v) is 6.64. The van der Waals surface area contributed by atoms with Crippen LogP contribution >= 0.6 is 0 Å². The van der Waals surface area contributed by atoms with Gasteiger partial charge in [0.1, 0.15) is 5.25 Å². The standard InChI is InChI=1S/C10H20N2O2S/c1-7(9(13)12-8-4-5-8)15(14)6-10(2,3)11/h7-8H,4-6,11H2,1-3H3,(H,12,13). The third-order valence-corrected chi connectivity index (χ3v) is 4.23. The largest absolute Gasteiger partial charge is 0.352 e. The van der Waals surface area contributed by atoms with E-state index in [0.29, 0.717) is 11.8 Å². The summed E-state index contributed by atoms with van der Waals surface area (Å²) in [7, 11) is -1.19. The molecule has 0 aliphatic heterocycles. The van der Waals surface area contributed by atoms with Gasteiger partial charge in [-0.3, -0.25) is 9.00 Å². The molecule has 0 spiro atoms. The molecular formula is C10H20N2O2S. The monoisotopic (exact) mass is 232 g/mol. The van der Waals surface area contributed by atoms with E-state index in [-0.39, 0.29) is 5.91 Å². The number of carbonyl (C=O) groups excluding carboxylic acids is 1. The lowest BCUT2D eigenvalue weighted by Crippen LogP contribution is -2.44. The lowest BCUT2D eigenvalue weighted by atomic mass is 10.1. The van der Waals surface area contributed by atoms with Crippen molar-refractivity contribution < 1.29 is 9.00 Å². The SMILES string of the molecule is CC(C(=O)NC1CC1)S(=O)CC(C)(C)N. The first kappa shape index (κ1) is 12.6. The third kappa shape index (κ3) is 4.75. The minimum atomic E-state index is -1.19. The summed E-state index contributed by atoms with van der Waals surface area (Å²) in [6.07, 6.45) is 2.10. The Bertz CT molecular complexity index is 269. The normalized spacial score (nSPS) is 20.8. The summed E-state index contributed by atoms with van der Waals surface area (Å²) < 4.78 is 11.8. The van der Waals surface area contributed by atoms with Crippen LogP contribution in [0.5, 0.6) is 0 Å². The molecule has 2 atom stereocenters. The second-order valence-corrected chi connectivity index (χ2v) is 6.70. The minimum Gasteiger partial charge on any atom is -0.352 e. The van der Waals surface area contributed by atoms with Gasteiger partial charge in [0, 0.05) is 28.1 Å². The molecule has 1 aliphatic carbocycles. The van der Waals surface area contributed by atoms with Crippen LogP contribution in [0.15, 0.2) is 0 Å². The first-order valence-electron chi connectivity index (χ1n) is 5.26. The van der Waals surface area contributed by atoms with E-state index in [2.05, 4.69) is 5.32 Å². The molecule has 5 heteroatoms. The van der Waals surface area contributed by atoms with Crippen molar-refractivity contribution in [3.8, 4) is 0 Å². The van der Waals surface area contributed by atoms with Crippen LogP contribution in [-0.2, 0) is 15.6 Å². The predicted molar refractivity (Wildman–Crippen MR) is 61.9 cm³/mol. The van der Waals surface area contributed by atoms with Crippen molar-refractivity contribution in [3.63, 3.8) is 0 Å². The third-order valence-electron chi connectivity index (χ3n) is 2.20. The van der Waals surface area contributed by atoms with Gasteiger partial charge in [0.2, 0.25) is 5.91 Å². The van der Waals surface area contributed by atoms with Gasteiger partial charge in [-0.1, -0.05) is 0 Å². The van der Waals surface area contributed by atoms with Crippen LogP contribution < -0.4 is 11.1 Å². The maximum absolute atomic E-state index is 11.8. The Morgan fingerprint density at radius 2 is 2.13 bits per heavy atom. The van der Waals surface area contributed by atoms with Gasteiger partial charge >= 0.3 is 0 Å². The summed E-state index contributed by atoms with van der Waals surface area (Å²) in [5, 5.41) is 2.38. The average molecular weight is 232 g/mol. The maximum Gasteiger partial charge on any atom is 0.235 e. The van der Waals surface area contributed by atoms with Crippen LogP contribution in [-0.4, -0.2) is 32.7 Å². The highest BCUT2D eigenvalue weighted by Gasteiger charge is 2.29. The van der Waals surface area contributed by atoms with Crippen molar-refractivity contribution >= 4 is 16.7 Å². The molecule has 0 aromatic carbocycles. The summed E-state index contributed by atoms with van der Waals surface area (Å²) in [6.45, 7) is 5.33. The second-order valence-electron chi connectivity index (χ2n) is 4.94. The summed E-state index contributed by atoms with van der Waals surface area (Å²) in [5.74, 6) is 0.242. The topological polar surface area (TPSA) is 72.2 Å². The molecule has 0 saturated heterocycles. The molecule has 0 bridgehead atoms. The fraction of sp³-hybridized carbons (Fsp3) is 0.900. The fourth-order valence-corrected chi connectivity index (χ4v) is 2.45. The fourth-order valence-electron chi connectivity index (χ4n) is 1.16. The molecule has 4 nitrogen and oxygen atoms in total. The lowest BCUT2D eigenvalue weighted by molar-refractivity contribution is -0.120. The Labute approximate surface area is 93.4 Å². The molecule has 1 amide bonds. The van der Waals surface area contributed by atoms with Gasteiger partial charge in [0.25, 0.3) is 0 Å². The Kier molecular flexibility index (Phi) is 3.89. The van der Waals surface area contributed by atoms with E-state index in [1.54, 1.807) is 6.92 Å². The molecule has 88 valence electrons. The number of nitrogens with one attached hydrogen (secondary N) is 1. The molecule has 0 aromatic rings. The summed E-state index contributed by atoms with van der Waals surface area (Å²) in [6, 6.07) is 0.322. The van der Waals surface area contributed by atoms with Gasteiger partial charge < -0.3 is 11.1 Å². The first-order chi connectivity index (χ1) is 6.79. The highest BCUT2D eigenvalue weighted by Crippen LogP contribution is 2.19. The highest BCUT2D eigenvalue weighted by molar-refractivity contribution is 7.86. The van der Waals surface area contributed by atoms with E-state index in [0.717, 1.165) is 12.8 Å². The van der Waals surface area contributed by atoms with Crippen LogP contribution in [0.1, 0.15) is 33.6 Å². The molecule has 15 heavy (non-hydrogen) atoms. The van der Waals surface area contributed by atoms with Crippen LogP contribution in [0.2, 0.25) is 0 Å². The highest BCUT2D eigenvalue weighted by atomic mass is 32.2. The Balaban J connectivity index is 2.40. The lowest BCUT2D eigenvalue weighted by Gasteiger charge is -2.20. The van der Waals surface area contributed by atoms with E-state index in [1.807, 2.05) is 13.8 Å². The van der Waals surface area contributed by atoms with E-state index in [9.17, 15) is 9.00 Å². The zero-order valence-corrected chi connectivity index (χ0v) is 10.4. The molecular weight excluding hydrogens is 212 g/mol. The van der Waals surface area contributed by atoms with E-state index in [4.69, 9.17) is 5.73 Å². The van der Waals surface area contributed by atoms with Crippen molar-refractivity contribution in [2.24, 2.45) is 5.73 Å². The summed E-state index contributed by atoms with van der Waals surface area (Å²) in [5.41, 5.74) is 5.28. The van der Waals surface area contributed by atoms with E-state index in [1.165, 1.54) is 0 Å². The van der Waals surface area contributed by atoms with Crippen LogP contribution in [0.4, 0.5) is 0 Å². The minimum absolute atomic E-state index is 0.111. The zero-order valence-electron chi connectivity index (χ0n) is 9.58. The number of rotatable bonds is 5. The van der Waals surface area contributed by atoms with Gasteiger partial charge in [-0.15, -0.1) is 0 Å². The number of hydrogen-bond acceptors (Lipinski definition) is 3. The molecule has 0 radical (unpaired) electrons. The van der Waals surface area contributed by atoms with Crippen LogP contribution in [0.25, 0.3) is 0 Å². The van der Waals surface area contributed by atoms with Crippen molar-refractivity contribution in [1.29, 1.82) is 0 Å². The van der Waals surface area contributed by atoms with E-state index >= 15 is 0 Å². The molecule has 0 aromatic heterocycles. The zero-order chi connectivity index (χ0) is 11.6. The second kappa shape index (κ2) is 4.61. The molecule has 2 unspecified atom stereocenters. The molecule has 0 heterocycles. The Morgan fingerprint density at radius 1 is 1.60 bits per heavy atom. The Morgan fingerprint density at radius 3 is 2.53 bits per heavy atom. The quantitative estimate of drug-likeness (QED) is 0.708. The molecule has 1 rings (SSSR count). The van der Waals surface area contributed by atoms with Crippen molar-refractivity contribution in [2.75, 3.05) is 5.75 Å². The van der Waals surface area contributed by atoms with Gasteiger partial charge in [0.15, 0.2) is 0 Å². The maximum atomic E-state index is 11.8.